The van der Waals surface area contributed by atoms with Gasteiger partial charge in [-0.1, -0.05) is 30.3 Å². The second-order valence-corrected chi connectivity index (χ2v) is 5.54. The molecule has 0 aromatic heterocycles. The van der Waals surface area contributed by atoms with E-state index < -0.39 is 6.10 Å². The fraction of sp³-hybridized carbons (Fsp3) is 0.316. The number of hydrogen-bond acceptors (Lipinski definition) is 3. The summed E-state index contributed by atoms with van der Waals surface area (Å²) in [5.74, 6) is 0.693. The van der Waals surface area contributed by atoms with Gasteiger partial charge in [0.15, 0.2) is 0 Å². The van der Waals surface area contributed by atoms with Gasteiger partial charge >= 0.3 is 0 Å². The molecule has 0 bridgehead atoms. The van der Waals surface area contributed by atoms with Gasteiger partial charge in [0.25, 0.3) is 5.91 Å². The van der Waals surface area contributed by atoms with E-state index in [-0.39, 0.29) is 5.91 Å². The molecule has 4 nitrogen and oxygen atoms in total. The van der Waals surface area contributed by atoms with Crippen molar-refractivity contribution in [2.75, 3.05) is 20.2 Å². The molecule has 0 radical (unpaired) electrons. The van der Waals surface area contributed by atoms with Crippen LogP contribution >= 0.6 is 0 Å². The van der Waals surface area contributed by atoms with Crippen molar-refractivity contribution in [1.82, 2.24) is 4.90 Å². The van der Waals surface area contributed by atoms with E-state index in [2.05, 4.69) is 0 Å². The number of hydrogen-bond donors (Lipinski definition) is 1. The molecule has 122 valence electrons. The molecule has 0 spiro atoms. The lowest BCUT2D eigenvalue weighted by Crippen LogP contribution is -2.33. The van der Waals surface area contributed by atoms with Crippen LogP contribution in [0.4, 0.5) is 0 Å². The monoisotopic (exact) mass is 313 g/mol. The first kappa shape index (κ1) is 17.0. The lowest BCUT2D eigenvalue weighted by molar-refractivity contribution is 0.0704. The number of nitrogens with zero attached hydrogens (tertiary/aromatic N) is 1. The summed E-state index contributed by atoms with van der Waals surface area (Å²) in [5, 5.41) is 9.44. The van der Waals surface area contributed by atoms with Crippen LogP contribution in [-0.2, 0) is 0 Å². The molecule has 0 aliphatic carbocycles. The molecule has 0 aliphatic rings. The minimum Gasteiger partial charge on any atom is -0.493 e. The summed E-state index contributed by atoms with van der Waals surface area (Å²) in [6.45, 7) is 4.51. The molecule has 1 atom stereocenters. The number of carbonyl (C=O) groups excluding carboxylic acids is 1. The van der Waals surface area contributed by atoms with Crippen molar-refractivity contribution in [2.45, 2.75) is 20.0 Å². The lowest BCUT2D eigenvalue weighted by atomic mass is 10.0. The molecule has 0 heterocycles. The van der Waals surface area contributed by atoms with Gasteiger partial charge < -0.3 is 14.7 Å². The van der Waals surface area contributed by atoms with Gasteiger partial charge in [0.2, 0.25) is 0 Å². The van der Waals surface area contributed by atoms with Crippen LogP contribution in [0.15, 0.2) is 48.5 Å². The zero-order valence-electron chi connectivity index (χ0n) is 13.8. The normalized spacial score (nSPS) is 11.8. The molecule has 2 aromatic rings. The molecule has 1 unspecified atom stereocenters. The Hall–Kier alpha value is -2.33. The molecule has 0 saturated carbocycles. The quantitative estimate of drug-likeness (QED) is 0.891. The lowest BCUT2D eigenvalue weighted by Gasteiger charge is -2.19. The molecule has 0 saturated heterocycles. The minimum absolute atomic E-state index is 0.110. The number of amides is 1. The Morgan fingerprint density at radius 3 is 2.65 bits per heavy atom. The summed E-state index contributed by atoms with van der Waals surface area (Å²) >= 11 is 0. The van der Waals surface area contributed by atoms with E-state index in [1.165, 1.54) is 4.90 Å². The Morgan fingerprint density at radius 2 is 1.96 bits per heavy atom. The van der Waals surface area contributed by atoms with Crippen molar-refractivity contribution >= 4 is 5.91 Å². The van der Waals surface area contributed by atoms with Crippen molar-refractivity contribution in [3.63, 3.8) is 0 Å². The molecule has 2 rings (SSSR count). The molecule has 1 N–H and O–H groups in total. The highest BCUT2D eigenvalue weighted by Gasteiger charge is 2.15. The third kappa shape index (κ3) is 4.33. The maximum absolute atomic E-state index is 12.5. The first-order valence-corrected chi connectivity index (χ1v) is 7.78. The van der Waals surface area contributed by atoms with E-state index in [9.17, 15) is 9.90 Å². The van der Waals surface area contributed by atoms with E-state index in [0.29, 0.717) is 18.7 Å². The molecule has 1 amide bonds. The van der Waals surface area contributed by atoms with E-state index in [0.717, 1.165) is 16.9 Å². The second-order valence-electron chi connectivity index (χ2n) is 5.54. The fourth-order valence-electron chi connectivity index (χ4n) is 2.51. The Bertz CT molecular complexity index is 667. The summed E-state index contributed by atoms with van der Waals surface area (Å²) in [6, 6.07) is 15.3. The van der Waals surface area contributed by atoms with E-state index >= 15 is 0 Å². The first-order chi connectivity index (χ1) is 11.0. The van der Waals surface area contributed by atoms with Crippen molar-refractivity contribution in [3.8, 4) is 16.9 Å². The van der Waals surface area contributed by atoms with Crippen molar-refractivity contribution in [2.24, 2.45) is 0 Å². The standard InChI is InChI=1S/C19H23NO3/c1-4-23-18-11-6-5-10-17(18)15-8-7-9-16(12-15)19(22)20(3)13-14(2)21/h5-12,14,21H,4,13H2,1-3H3. The number of benzene rings is 2. The number of ether oxygens (including phenoxy) is 1. The zero-order valence-corrected chi connectivity index (χ0v) is 13.8. The van der Waals surface area contributed by atoms with Gasteiger partial charge in [-0.15, -0.1) is 0 Å². The van der Waals surface area contributed by atoms with Gasteiger partial charge in [0, 0.05) is 24.7 Å². The van der Waals surface area contributed by atoms with E-state index in [1.54, 1.807) is 20.0 Å². The third-order valence-electron chi connectivity index (χ3n) is 3.49. The van der Waals surface area contributed by atoms with Crippen molar-refractivity contribution in [3.05, 3.63) is 54.1 Å². The number of aliphatic hydroxyl groups excluding tert-OH is 1. The van der Waals surface area contributed by atoms with E-state index in [1.807, 2.05) is 49.4 Å². The predicted octanol–water partition coefficient (Wildman–Crippen LogP) is 3.21. The fourth-order valence-corrected chi connectivity index (χ4v) is 2.51. The Morgan fingerprint density at radius 1 is 1.22 bits per heavy atom. The number of para-hydroxylation sites is 1. The van der Waals surface area contributed by atoms with Gasteiger partial charge in [-0.05, 0) is 37.6 Å². The van der Waals surface area contributed by atoms with Crippen molar-refractivity contribution in [1.29, 1.82) is 0 Å². The van der Waals surface area contributed by atoms with Crippen LogP contribution < -0.4 is 4.74 Å². The Balaban J connectivity index is 2.32. The largest absolute Gasteiger partial charge is 0.493 e. The summed E-state index contributed by atoms with van der Waals surface area (Å²) < 4.78 is 5.66. The Kier molecular flexibility index (Phi) is 5.77. The van der Waals surface area contributed by atoms with Gasteiger partial charge in [0.1, 0.15) is 5.75 Å². The van der Waals surface area contributed by atoms with Gasteiger partial charge in [-0.2, -0.15) is 0 Å². The van der Waals surface area contributed by atoms with Crippen LogP contribution in [0.2, 0.25) is 0 Å². The second kappa shape index (κ2) is 7.79. The molecular formula is C19H23NO3. The zero-order chi connectivity index (χ0) is 16.8. The number of aliphatic hydroxyl groups is 1. The summed E-state index contributed by atoms with van der Waals surface area (Å²) in [5.41, 5.74) is 2.49. The Labute approximate surface area is 137 Å². The van der Waals surface area contributed by atoms with Gasteiger partial charge in [-0.3, -0.25) is 4.79 Å². The summed E-state index contributed by atoms with van der Waals surface area (Å²) in [7, 11) is 1.69. The highest BCUT2D eigenvalue weighted by atomic mass is 16.5. The number of carbonyl (C=O) groups is 1. The average Bonchev–Trinajstić information content (AvgIpc) is 2.54. The van der Waals surface area contributed by atoms with E-state index in [4.69, 9.17) is 4.74 Å². The van der Waals surface area contributed by atoms with Crippen LogP contribution in [-0.4, -0.2) is 42.2 Å². The predicted molar refractivity (Wildman–Crippen MR) is 91.7 cm³/mol. The molecule has 4 heteroatoms. The van der Waals surface area contributed by atoms with Crippen LogP contribution in [0.25, 0.3) is 11.1 Å². The van der Waals surface area contributed by atoms with Crippen LogP contribution in [0.3, 0.4) is 0 Å². The average molecular weight is 313 g/mol. The van der Waals surface area contributed by atoms with Crippen molar-refractivity contribution < 1.29 is 14.6 Å². The minimum atomic E-state index is -0.550. The topological polar surface area (TPSA) is 49.8 Å². The van der Waals surface area contributed by atoms with Gasteiger partial charge in [-0.25, -0.2) is 0 Å². The highest BCUT2D eigenvalue weighted by Crippen LogP contribution is 2.30. The maximum Gasteiger partial charge on any atom is 0.253 e. The third-order valence-corrected chi connectivity index (χ3v) is 3.49. The summed E-state index contributed by atoms with van der Waals surface area (Å²) in [4.78, 5) is 14.0. The smallest absolute Gasteiger partial charge is 0.253 e. The first-order valence-electron chi connectivity index (χ1n) is 7.78. The molecular weight excluding hydrogens is 290 g/mol. The molecule has 0 aliphatic heterocycles. The van der Waals surface area contributed by atoms with Crippen LogP contribution in [0, 0.1) is 0 Å². The maximum atomic E-state index is 12.5. The number of likely N-dealkylation sites (N-methyl/N-ethyl adjacent to an activating group) is 1. The SMILES string of the molecule is CCOc1ccccc1-c1cccc(C(=O)N(C)CC(C)O)c1. The molecule has 0 fully saturated rings. The van der Waals surface area contributed by atoms with Crippen LogP contribution in [0.5, 0.6) is 5.75 Å². The van der Waals surface area contributed by atoms with Gasteiger partial charge in [0.05, 0.1) is 12.7 Å². The van der Waals surface area contributed by atoms with Crippen LogP contribution in [0.1, 0.15) is 24.2 Å². The molecule has 2 aromatic carbocycles. The number of rotatable bonds is 6. The highest BCUT2D eigenvalue weighted by molar-refractivity contribution is 5.95. The summed E-state index contributed by atoms with van der Waals surface area (Å²) in [6.07, 6.45) is -0.550. The molecule has 23 heavy (non-hydrogen) atoms.